The van der Waals surface area contributed by atoms with Crippen molar-refractivity contribution < 1.29 is 23.6 Å². The van der Waals surface area contributed by atoms with E-state index in [0.717, 1.165) is 4.90 Å². The average molecular weight is 461 g/mol. The van der Waals surface area contributed by atoms with Gasteiger partial charge in [-0.3, -0.25) is 29.4 Å². The summed E-state index contributed by atoms with van der Waals surface area (Å²) >= 11 is 0. The molecule has 1 N–H and O–H groups in total. The molecule has 1 aromatic heterocycles. The van der Waals surface area contributed by atoms with Crippen LogP contribution in [0.2, 0.25) is 0 Å². The van der Waals surface area contributed by atoms with Crippen LogP contribution in [0.3, 0.4) is 0 Å². The van der Waals surface area contributed by atoms with Gasteiger partial charge in [-0.2, -0.15) is 0 Å². The number of aromatic nitrogens is 3. The number of carbonyl (C=O) groups excluding carboxylic acids is 4. The lowest BCUT2D eigenvalue weighted by Crippen LogP contribution is -2.54. The second kappa shape index (κ2) is 8.29. The van der Waals surface area contributed by atoms with Crippen LogP contribution in [-0.4, -0.2) is 49.6 Å². The number of halogens is 1. The molecule has 4 amide bonds. The third kappa shape index (κ3) is 3.47. The van der Waals surface area contributed by atoms with Crippen LogP contribution in [0.15, 0.2) is 48.7 Å². The number of carbonyl (C=O) groups is 4. The van der Waals surface area contributed by atoms with Crippen LogP contribution in [0, 0.1) is 5.82 Å². The molecule has 1 fully saturated rings. The Morgan fingerprint density at radius 2 is 1.85 bits per heavy atom. The van der Waals surface area contributed by atoms with Gasteiger partial charge in [0.05, 0.1) is 23.4 Å². The van der Waals surface area contributed by atoms with Gasteiger partial charge in [0.2, 0.25) is 11.8 Å². The molecule has 0 radical (unpaired) electrons. The maximum Gasteiger partial charge on any atom is 0.262 e. The Hall–Kier alpha value is -4.21. The molecule has 2 atom stereocenters. The van der Waals surface area contributed by atoms with Crippen molar-refractivity contribution in [1.29, 1.82) is 0 Å². The van der Waals surface area contributed by atoms with Crippen molar-refractivity contribution in [2.24, 2.45) is 0 Å². The van der Waals surface area contributed by atoms with E-state index in [2.05, 4.69) is 15.6 Å². The molecule has 0 bridgehead atoms. The van der Waals surface area contributed by atoms with E-state index in [-0.39, 0.29) is 35.8 Å². The standard InChI is InChI=1S/C24H20FN5O4/c1-2-19(15-5-3-4-6-17(15)25)29-12-18(27-28-29)13-7-8-14-16(11-13)24(34)30(23(14)33)20-9-10-21(31)26-22(20)32/h3-8,11-12,19-20H,2,9-10H2,1H3,(H,26,31,32)/t19-,20?/m0/s1. The van der Waals surface area contributed by atoms with Gasteiger partial charge in [-0.1, -0.05) is 36.4 Å². The van der Waals surface area contributed by atoms with Gasteiger partial charge in [-0.25, -0.2) is 9.07 Å². The molecule has 9 nitrogen and oxygen atoms in total. The van der Waals surface area contributed by atoms with E-state index in [1.807, 2.05) is 6.92 Å². The molecule has 3 heterocycles. The van der Waals surface area contributed by atoms with Gasteiger partial charge in [0.15, 0.2) is 0 Å². The molecule has 172 valence electrons. The molecular formula is C24H20FN5O4. The Morgan fingerprint density at radius 1 is 1.09 bits per heavy atom. The van der Waals surface area contributed by atoms with Crippen LogP contribution in [0.25, 0.3) is 11.3 Å². The molecule has 3 aromatic rings. The van der Waals surface area contributed by atoms with E-state index in [1.54, 1.807) is 41.2 Å². The SMILES string of the molecule is CC[C@@H](c1ccccc1F)n1cc(-c2ccc3c(c2)C(=O)N(C2CCC(=O)NC2=O)C3=O)nn1. The van der Waals surface area contributed by atoms with E-state index in [0.29, 0.717) is 23.2 Å². The minimum absolute atomic E-state index is 0.0543. The van der Waals surface area contributed by atoms with Crippen molar-refractivity contribution >= 4 is 23.6 Å². The highest BCUT2D eigenvalue weighted by Gasteiger charge is 2.44. The van der Waals surface area contributed by atoms with Crippen LogP contribution in [0.5, 0.6) is 0 Å². The number of imide groups is 2. The quantitative estimate of drug-likeness (QED) is 0.584. The minimum atomic E-state index is -1.03. The van der Waals surface area contributed by atoms with Crippen LogP contribution in [0.4, 0.5) is 4.39 Å². The molecule has 2 aliphatic heterocycles. The van der Waals surface area contributed by atoms with E-state index in [1.165, 1.54) is 12.1 Å². The molecule has 1 unspecified atom stereocenters. The number of nitrogens with zero attached hydrogens (tertiary/aromatic N) is 4. The van der Waals surface area contributed by atoms with E-state index < -0.39 is 29.7 Å². The van der Waals surface area contributed by atoms with E-state index in [4.69, 9.17) is 0 Å². The van der Waals surface area contributed by atoms with E-state index >= 15 is 0 Å². The van der Waals surface area contributed by atoms with Crippen molar-refractivity contribution in [3.05, 3.63) is 71.2 Å². The van der Waals surface area contributed by atoms with Crippen LogP contribution in [-0.2, 0) is 9.59 Å². The first kappa shape index (κ1) is 21.6. The third-order valence-electron chi connectivity index (χ3n) is 6.22. The number of rotatable bonds is 5. The highest BCUT2D eigenvalue weighted by atomic mass is 19.1. The Bertz CT molecular complexity index is 1350. The first-order valence-corrected chi connectivity index (χ1v) is 10.9. The smallest absolute Gasteiger partial charge is 0.262 e. The summed E-state index contributed by atoms with van der Waals surface area (Å²) in [4.78, 5) is 50.5. The second-order valence-corrected chi connectivity index (χ2v) is 8.24. The highest BCUT2D eigenvalue weighted by Crippen LogP contribution is 2.31. The molecule has 34 heavy (non-hydrogen) atoms. The highest BCUT2D eigenvalue weighted by molar-refractivity contribution is 6.23. The topological polar surface area (TPSA) is 114 Å². The largest absolute Gasteiger partial charge is 0.295 e. The maximum absolute atomic E-state index is 14.3. The number of hydrogen-bond acceptors (Lipinski definition) is 6. The van der Waals surface area contributed by atoms with Crippen molar-refractivity contribution in [3.8, 4) is 11.3 Å². The zero-order valence-electron chi connectivity index (χ0n) is 18.2. The molecule has 10 heteroatoms. The number of piperidine rings is 1. The van der Waals surface area contributed by atoms with Crippen molar-refractivity contribution in [3.63, 3.8) is 0 Å². The van der Waals surface area contributed by atoms with Gasteiger partial charge >= 0.3 is 0 Å². The molecular weight excluding hydrogens is 441 g/mol. The van der Waals surface area contributed by atoms with Crippen molar-refractivity contribution in [1.82, 2.24) is 25.2 Å². The fraction of sp³-hybridized carbons (Fsp3) is 0.250. The molecule has 5 rings (SSSR count). The Balaban J connectivity index is 1.44. The number of amides is 4. The summed E-state index contributed by atoms with van der Waals surface area (Å²) in [5.74, 6) is -2.59. The lowest BCUT2D eigenvalue weighted by atomic mass is 10.0. The van der Waals surface area contributed by atoms with Crippen LogP contribution < -0.4 is 5.32 Å². The van der Waals surface area contributed by atoms with Crippen molar-refractivity contribution in [2.75, 3.05) is 0 Å². The summed E-state index contributed by atoms with van der Waals surface area (Å²) in [6.45, 7) is 1.92. The lowest BCUT2D eigenvalue weighted by molar-refractivity contribution is -0.136. The fourth-order valence-electron chi connectivity index (χ4n) is 4.49. The summed E-state index contributed by atoms with van der Waals surface area (Å²) < 4.78 is 15.9. The van der Waals surface area contributed by atoms with Gasteiger partial charge < -0.3 is 0 Å². The van der Waals surface area contributed by atoms with Gasteiger partial charge in [-0.15, -0.1) is 5.10 Å². The predicted molar refractivity (Wildman–Crippen MR) is 117 cm³/mol. The first-order chi connectivity index (χ1) is 16.4. The Labute approximate surface area is 193 Å². The average Bonchev–Trinajstić information content (AvgIpc) is 3.40. The lowest BCUT2D eigenvalue weighted by Gasteiger charge is -2.27. The van der Waals surface area contributed by atoms with Crippen molar-refractivity contribution in [2.45, 2.75) is 38.3 Å². The second-order valence-electron chi connectivity index (χ2n) is 8.24. The number of nitrogens with one attached hydrogen (secondary N) is 1. The molecule has 0 aliphatic carbocycles. The summed E-state index contributed by atoms with van der Waals surface area (Å²) in [7, 11) is 0. The van der Waals surface area contributed by atoms with Gasteiger partial charge in [-0.05, 0) is 31.0 Å². The van der Waals surface area contributed by atoms with Crippen LogP contribution in [0.1, 0.15) is 58.5 Å². The molecule has 2 aliphatic rings. The maximum atomic E-state index is 14.3. The van der Waals surface area contributed by atoms with Gasteiger partial charge in [0, 0.05) is 17.5 Å². The summed E-state index contributed by atoms with van der Waals surface area (Å²) in [6, 6.07) is 9.81. The van der Waals surface area contributed by atoms with Crippen LogP contribution >= 0.6 is 0 Å². The molecule has 1 saturated heterocycles. The zero-order valence-corrected chi connectivity index (χ0v) is 18.2. The monoisotopic (exact) mass is 461 g/mol. The number of benzene rings is 2. The van der Waals surface area contributed by atoms with Gasteiger partial charge in [0.25, 0.3) is 11.8 Å². The molecule has 2 aromatic carbocycles. The molecule has 0 spiro atoms. The summed E-state index contributed by atoms with van der Waals surface area (Å²) in [5.41, 5.74) is 1.85. The normalized spacial score (nSPS) is 18.8. The van der Waals surface area contributed by atoms with Gasteiger partial charge in [0.1, 0.15) is 17.6 Å². The first-order valence-electron chi connectivity index (χ1n) is 10.9. The third-order valence-corrected chi connectivity index (χ3v) is 6.22. The van der Waals surface area contributed by atoms with E-state index in [9.17, 15) is 23.6 Å². The summed E-state index contributed by atoms with van der Waals surface area (Å²) in [6.07, 6.45) is 2.40. The Kier molecular flexibility index (Phi) is 5.27. The zero-order chi connectivity index (χ0) is 24.0. The predicted octanol–water partition coefficient (Wildman–Crippen LogP) is 2.48. The Morgan fingerprint density at radius 3 is 2.59 bits per heavy atom. The number of hydrogen-bond donors (Lipinski definition) is 1. The fourth-order valence-corrected chi connectivity index (χ4v) is 4.49. The minimum Gasteiger partial charge on any atom is -0.295 e. The molecule has 0 saturated carbocycles. The number of fused-ring (bicyclic) bond motifs is 1. The summed E-state index contributed by atoms with van der Waals surface area (Å²) in [5, 5.41) is 10.5.